The molecule has 0 saturated carbocycles. The number of hydrogen-bond acceptors (Lipinski definition) is 15. The molecule has 3 aromatic rings. The molecule has 224 valence electrons. The molecule has 3 aromatic carbocycles. The molecule has 1 aliphatic heterocycles. The van der Waals surface area contributed by atoms with E-state index >= 15 is 0 Å². The highest BCUT2D eigenvalue weighted by molar-refractivity contribution is 7.94. The highest BCUT2D eigenvalue weighted by Gasteiger charge is 2.33. The Bertz CT molecular complexity index is 1620. The van der Waals surface area contributed by atoms with Crippen molar-refractivity contribution in [1.82, 2.24) is 10.6 Å². The zero-order valence-electron chi connectivity index (χ0n) is 22.3. The highest BCUT2D eigenvalue weighted by Crippen LogP contribution is 2.32. The van der Waals surface area contributed by atoms with E-state index in [1.54, 1.807) is 42.5 Å². The molecule has 5 N–H and O–H groups in total. The summed E-state index contributed by atoms with van der Waals surface area (Å²) in [5.74, 6) is -2.14. The fourth-order valence-corrected chi connectivity index (χ4v) is 3.78. The van der Waals surface area contributed by atoms with Crippen LogP contribution in [-0.4, -0.2) is 53.3 Å². The van der Waals surface area contributed by atoms with Gasteiger partial charge in [0.2, 0.25) is 18.2 Å². The Morgan fingerprint density at radius 3 is 2.25 bits per heavy atom. The maximum absolute atomic E-state index is 12.9. The van der Waals surface area contributed by atoms with E-state index in [4.69, 9.17) is 15.3 Å². The van der Waals surface area contributed by atoms with Crippen LogP contribution in [0, 0.1) is 11.5 Å². The molecule has 1 aliphatic rings. The summed E-state index contributed by atoms with van der Waals surface area (Å²) in [7, 11) is 0. The van der Waals surface area contributed by atoms with Crippen molar-refractivity contribution in [1.29, 1.82) is 5.26 Å². The molecule has 0 radical (unpaired) electrons. The van der Waals surface area contributed by atoms with Gasteiger partial charge in [-0.1, -0.05) is 5.04 Å². The molecular formula is C26H21N9O8S. The summed E-state index contributed by atoms with van der Waals surface area (Å²) < 4.78 is 9.95. The molecule has 1 heterocycles. The van der Waals surface area contributed by atoms with Crippen LogP contribution in [0.5, 0.6) is 5.75 Å². The monoisotopic (exact) mass is 619 g/mol. The fraction of sp³-hybridized carbons (Fsp3) is 0.115. The van der Waals surface area contributed by atoms with Crippen LogP contribution in [0.1, 0.15) is 10.4 Å². The maximum atomic E-state index is 12.9. The number of nitrogens with one attached hydrogen (secondary N) is 3. The first-order valence-electron chi connectivity index (χ1n) is 12.3. The molecular weight excluding hydrogens is 598 g/mol. The number of rotatable bonds is 12. The van der Waals surface area contributed by atoms with Crippen molar-refractivity contribution < 1.29 is 38.9 Å². The Morgan fingerprint density at radius 1 is 0.955 bits per heavy atom. The Morgan fingerprint density at radius 2 is 1.59 bits per heavy atom. The third-order valence-electron chi connectivity index (χ3n) is 5.40. The number of hydrogen-bond donors (Lipinski definition) is 5. The van der Waals surface area contributed by atoms with E-state index in [1.807, 2.05) is 0 Å². The van der Waals surface area contributed by atoms with Crippen LogP contribution in [-0.2, 0) is 19.0 Å². The van der Waals surface area contributed by atoms with Crippen LogP contribution in [0.3, 0.4) is 0 Å². The molecule has 1 fully saturated rings. The number of aliphatic imine (C=N–C) groups is 1. The van der Waals surface area contributed by atoms with Gasteiger partial charge < -0.3 is 15.2 Å². The Balaban J connectivity index is 1.41. The van der Waals surface area contributed by atoms with Crippen LogP contribution < -0.4 is 20.7 Å². The van der Waals surface area contributed by atoms with Gasteiger partial charge in [-0.3, -0.25) is 25.0 Å². The van der Waals surface area contributed by atoms with Gasteiger partial charge in [0.25, 0.3) is 17.7 Å². The smallest absolute Gasteiger partial charge is 0.263 e. The topological polar surface area (TPSA) is 241 Å². The molecule has 0 aliphatic carbocycles. The maximum Gasteiger partial charge on any atom is 0.263 e. The number of amides is 3. The summed E-state index contributed by atoms with van der Waals surface area (Å²) >= 11 is 0.805. The van der Waals surface area contributed by atoms with Gasteiger partial charge in [0.15, 0.2) is 0 Å². The number of nitriles is 1. The number of carbonyl (C=O) groups is 3. The Kier molecular flexibility index (Phi) is 11.1. The lowest BCUT2D eigenvalue weighted by Crippen LogP contribution is -2.58. The molecule has 1 saturated heterocycles. The third kappa shape index (κ3) is 8.71. The minimum Gasteiger partial charge on any atom is -0.489 e. The van der Waals surface area contributed by atoms with Gasteiger partial charge in [0.05, 0.1) is 41.4 Å². The van der Waals surface area contributed by atoms with Crippen molar-refractivity contribution in [2.45, 2.75) is 10.9 Å². The van der Waals surface area contributed by atoms with Gasteiger partial charge in [0.1, 0.15) is 12.4 Å². The second kappa shape index (κ2) is 15.6. The number of carbonyl (C=O) groups excluding carboxylic acids is 3. The molecule has 4 rings (SSSR count). The molecule has 0 bridgehead atoms. The van der Waals surface area contributed by atoms with Crippen LogP contribution in [0.25, 0.3) is 0 Å². The molecule has 17 nitrogen and oxygen atoms in total. The van der Waals surface area contributed by atoms with E-state index < -0.39 is 23.8 Å². The van der Waals surface area contributed by atoms with Gasteiger partial charge in [-0.05, 0) is 60.7 Å². The summed E-state index contributed by atoms with van der Waals surface area (Å²) in [6.07, 6.45) is 1.45. The van der Waals surface area contributed by atoms with E-state index in [9.17, 15) is 19.5 Å². The van der Waals surface area contributed by atoms with Crippen molar-refractivity contribution in [2.24, 2.45) is 25.4 Å². The zero-order chi connectivity index (χ0) is 31.3. The summed E-state index contributed by atoms with van der Waals surface area (Å²) in [6, 6.07) is 15.8. The zero-order valence-corrected chi connectivity index (χ0v) is 23.1. The van der Waals surface area contributed by atoms with E-state index in [1.165, 1.54) is 30.5 Å². The van der Waals surface area contributed by atoms with E-state index in [-0.39, 0.29) is 36.2 Å². The molecule has 0 unspecified atom stereocenters. The number of anilines is 1. The SMILES string of the molecule is N#CN=C1NC(=O)C(/N=N/c2ccc(C(=O)Nc3ccc(/N=N/c4ccc(SOOO)cc4)cc3OCCO)cc2)C(=O)N1. The Hall–Kier alpha value is -5.58. The molecule has 0 atom stereocenters. The van der Waals surface area contributed by atoms with Gasteiger partial charge in [-0.15, -0.1) is 9.33 Å². The van der Waals surface area contributed by atoms with Crippen LogP contribution in [0.2, 0.25) is 0 Å². The first-order valence-corrected chi connectivity index (χ1v) is 13.1. The molecule has 0 aromatic heterocycles. The normalized spacial score (nSPS) is 14.7. The summed E-state index contributed by atoms with van der Waals surface area (Å²) in [4.78, 5) is 41.0. The van der Waals surface area contributed by atoms with E-state index in [0.717, 1.165) is 12.0 Å². The minimum atomic E-state index is -1.48. The first kappa shape index (κ1) is 31.4. The molecule has 3 amide bonds. The van der Waals surface area contributed by atoms with Gasteiger partial charge in [0, 0.05) is 16.5 Å². The lowest BCUT2D eigenvalue weighted by molar-refractivity contribution is -0.432. The molecule has 44 heavy (non-hydrogen) atoms. The quantitative estimate of drug-likeness (QED) is 0.0491. The van der Waals surface area contributed by atoms with Gasteiger partial charge in [-0.2, -0.15) is 25.7 Å². The lowest BCUT2D eigenvalue weighted by atomic mass is 10.2. The average Bonchev–Trinajstić information content (AvgIpc) is 3.03. The third-order valence-corrected chi connectivity index (χ3v) is 5.99. The fourth-order valence-electron chi connectivity index (χ4n) is 3.42. The van der Waals surface area contributed by atoms with Crippen LogP contribution in [0.4, 0.5) is 22.7 Å². The summed E-state index contributed by atoms with van der Waals surface area (Å²) in [5.41, 5.74) is 1.77. The van der Waals surface area contributed by atoms with Crippen LogP contribution in [0.15, 0.2) is 97.1 Å². The van der Waals surface area contributed by atoms with Gasteiger partial charge >= 0.3 is 0 Å². The minimum absolute atomic E-state index is 0.0363. The van der Waals surface area contributed by atoms with Crippen molar-refractivity contribution in [3.8, 4) is 11.9 Å². The number of ether oxygens (including phenoxy) is 1. The van der Waals surface area contributed by atoms with Gasteiger partial charge in [-0.25, -0.2) is 5.26 Å². The summed E-state index contributed by atoms with van der Waals surface area (Å²) in [5, 5.41) is 52.7. The summed E-state index contributed by atoms with van der Waals surface area (Å²) in [6.45, 7) is -0.297. The number of azo groups is 2. The van der Waals surface area contributed by atoms with Crippen molar-refractivity contribution in [2.75, 3.05) is 18.5 Å². The van der Waals surface area contributed by atoms with Crippen molar-refractivity contribution in [3.63, 3.8) is 0 Å². The predicted octanol–water partition coefficient (Wildman–Crippen LogP) is 3.69. The predicted molar refractivity (Wildman–Crippen MR) is 152 cm³/mol. The van der Waals surface area contributed by atoms with E-state index in [0.29, 0.717) is 22.0 Å². The Labute approximate surface area is 252 Å². The second-order valence-corrected chi connectivity index (χ2v) is 9.10. The number of guanidine groups is 1. The number of nitrogens with zero attached hydrogens (tertiary/aromatic N) is 6. The first-order chi connectivity index (χ1) is 21.4. The van der Waals surface area contributed by atoms with Crippen molar-refractivity contribution >= 4 is 58.5 Å². The molecule has 0 spiro atoms. The standard InChI is InChI=1S/C26H21N9O8S/c27-14-28-26-30-24(38)22(25(39)31-26)35-33-16-3-1-15(2-4-16)23(37)29-20-10-7-18(13-21(20)41-12-11-36)34-32-17-5-8-19(9-6-17)44-43-42-40/h1-10,13,22,36,40H,11-12H2,(H,29,37)(H2,28,30,31,38,39)/b34-32+,35-33+. The number of benzene rings is 3. The second-order valence-electron chi connectivity index (χ2n) is 8.33. The largest absolute Gasteiger partial charge is 0.489 e. The number of aliphatic hydroxyl groups is 1. The average molecular weight is 620 g/mol. The van der Waals surface area contributed by atoms with E-state index in [2.05, 4.69) is 50.8 Å². The number of aliphatic hydroxyl groups excluding tert-OH is 1. The lowest BCUT2D eigenvalue weighted by Gasteiger charge is -2.18. The highest BCUT2D eigenvalue weighted by atomic mass is 32.2. The van der Waals surface area contributed by atoms with Crippen molar-refractivity contribution in [3.05, 3.63) is 72.3 Å². The van der Waals surface area contributed by atoms with Crippen LogP contribution >= 0.6 is 12.0 Å². The molecule has 18 heteroatoms.